The Labute approximate surface area is 146 Å². The van der Waals surface area contributed by atoms with E-state index in [1.54, 1.807) is 12.1 Å². The van der Waals surface area contributed by atoms with E-state index >= 15 is 0 Å². The van der Waals surface area contributed by atoms with Gasteiger partial charge in [-0.25, -0.2) is 0 Å². The molecule has 0 bridgehead atoms. The van der Waals surface area contributed by atoms with E-state index in [1.807, 2.05) is 23.6 Å². The molecule has 24 heavy (non-hydrogen) atoms. The third-order valence-corrected chi connectivity index (χ3v) is 4.71. The molecule has 0 spiro atoms. The van der Waals surface area contributed by atoms with Crippen molar-refractivity contribution in [3.05, 3.63) is 52.2 Å². The van der Waals surface area contributed by atoms with Crippen LogP contribution < -0.4 is 10.1 Å². The van der Waals surface area contributed by atoms with E-state index in [4.69, 9.17) is 20.9 Å². The van der Waals surface area contributed by atoms with Gasteiger partial charge in [-0.2, -0.15) is 4.98 Å². The Morgan fingerprint density at radius 1 is 1.42 bits per heavy atom. The zero-order chi connectivity index (χ0) is 16.5. The summed E-state index contributed by atoms with van der Waals surface area (Å²) in [5.41, 5.74) is 0.931. The maximum atomic E-state index is 12.3. The number of aromatic nitrogens is 2. The number of halogens is 1. The van der Waals surface area contributed by atoms with Crippen LogP contribution in [0.2, 0.25) is 5.02 Å². The van der Waals surface area contributed by atoms with Gasteiger partial charge in [-0.05, 0) is 35.2 Å². The molecular weight excluding hydrogens is 350 g/mol. The number of fused-ring (bicyclic) bond motifs is 1. The number of ether oxygens (including phenoxy) is 1. The van der Waals surface area contributed by atoms with Crippen molar-refractivity contribution in [2.75, 3.05) is 0 Å². The van der Waals surface area contributed by atoms with Crippen LogP contribution in [0.4, 0.5) is 0 Å². The summed E-state index contributed by atoms with van der Waals surface area (Å²) >= 11 is 7.48. The normalized spacial score (nSPS) is 15.8. The molecule has 3 heterocycles. The molecule has 6 nitrogen and oxygen atoms in total. The average Bonchev–Trinajstić information content (AvgIpc) is 3.30. The summed E-state index contributed by atoms with van der Waals surface area (Å²) < 4.78 is 10.8. The van der Waals surface area contributed by atoms with Crippen molar-refractivity contribution in [2.24, 2.45) is 0 Å². The van der Waals surface area contributed by atoms with E-state index in [0.717, 1.165) is 10.4 Å². The number of thiophene rings is 1. The van der Waals surface area contributed by atoms with Crippen molar-refractivity contribution in [1.82, 2.24) is 15.5 Å². The Morgan fingerprint density at radius 2 is 2.33 bits per heavy atom. The fourth-order valence-corrected chi connectivity index (χ4v) is 3.32. The molecule has 0 fully saturated rings. The Balaban J connectivity index is 1.36. The van der Waals surface area contributed by atoms with Crippen molar-refractivity contribution in [1.29, 1.82) is 0 Å². The largest absolute Gasteiger partial charge is 0.480 e. The fourth-order valence-electron chi connectivity index (χ4n) is 2.47. The van der Waals surface area contributed by atoms with E-state index in [-0.39, 0.29) is 12.5 Å². The zero-order valence-electron chi connectivity index (χ0n) is 12.4. The molecule has 0 saturated carbocycles. The van der Waals surface area contributed by atoms with Crippen LogP contribution in [-0.2, 0) is 17.8 Å². The van der Waals surface area contributed by atoms with E-state index in [9.17, 15) is 4.79 Å². The number of nitrogens with one attached hydrogen (secondary N) is 1. The van der Waals surface area contributed by atoms with Gasteiger partial charge in [0.25, 0.3) is 5.91 Å². The summed E-state index contributed by atoms with van der Waals surface area (Å²) in [5.74, 6) is 1.34. The number of hydrogen-bond acceptors (Lipinski definition) is 6. The molecule has 0 saturated heterocycles. The van der Waals surface area contributed by atoms with Crippen LogP contribution in [-0.4, -0.2) is 22.2 Å². The van der Waals surface area contributed by atoms with Crippen LogP contribution in [0.3, 0.4) is 0 Å². The Kier molecular flexibility index (Phi) is 3.95. The Morgan fingerprint density at radius 3 is 3.17 bits per heavy atom. The van der Waals surface area contributed by atoms with Gasteiger partial charge in [0.1, 0.15) is 5.75 Å². The van der Waals surface area contributed by atoms with E-state index in [0.29, 0.717) is 28.9 Å². The topological polar surface area (TPSA) is 77.3 Å². The quantitative estimate of drug-likeness (QED) is 0.772. The second-order valence-electron chi connectivity index (χ2n) is 5.27. The van der Waals surface area contributed by atoms with Gasteiger partial charge in [0.05, 0.1) is 11.4 Å². The summed E-state index contributed by atoms with van der Waals surface area (Å²) in [6.07, 6.45) is -0.0791. The van der Waals surface area contributed by atoms with Crippen LogP contribution in [0, 0.1) is 0 Å². The molecule has 122 valence electrons. The van der Waals surface area contributed by atoms with Crippen LogP contribution in [0.25, 0.3) is 10.7 Å². The van der Waals surface area contributed by atoms with E-state index < -0.39 is 6.10 Å². The SMILES string of the molecule is O=C(NCc1nc(-c2cccs2)no1)[C@@H]1Cc2cc(Cl)ccc2O1. The lowest BCUT2D eigenvalue weighted by Gasteiger charge is -2.09. The molecule has 1 aliphatic rings. The zero-order valence-corrected chi connectivity index (χ0v) is 13.9. The highest BCUT2D eigenvalue weighted by molar-refractivity contribution is 7.13. The molecule has 1 N–H and O–H groups in total. The third-order valence-electron chi connectivity index (χ3n) is 3.61. The summed E-state index contributed by atoms with van der Waals surface area (Å²) in [6.45, 7) is 0.161. The van der Waals surface area contributed by atoms with Gasteiger partial charge in [-0.1, -0.05) is 22.8 Å². The molecular formula is C16H12ClN3O3S. The third kappa shape index (κ3) is 3.00. The highest BCUT2D eigenvalue weighted by Gasteiger charge is 2.29. The number of carbonyl (C=O) groups excluding carboxylic acids is 1. The number of nitrogens with zero attached hydrogens (tertiary/aromatic N) is 2. The first kappa shape index (κ1) is 15.2. The van der Waals surface area contributed by atoms with Crippen LogP contribution in [0.1, 0.15) is 11.5 Å². The summed E-state index contributed by atoms with van der Waals surface area (Å²) in [5, 5.41) is 9.23. The smallest absolute Gasteiger partial charge is 0.261 e. The molecule has 1 aliphatic heterocycles. The van der Waals surface area contributed by atoms with Gasteiger partial charge in [-0.3, -0.25) is 4.79 Å². The standard InChI is InChI=1S/C16H12ClN3O3S/c17-10-3-4-11-9(6-10)7-12(22-11)16(21)18-8-14-19-15(20-23-14)13-2-1-5-24-13/h1-6,12H,7-8H2,(H,18,21)/t12-/m0/s1. The fraction of sp³-hybridized carbons (Fsp3) is 0.188. The van der Waals surface area contributed by atoms with Gasteiger partial charge in [-0.15, -0.1) is 11.3 Å². The number of rotatable bonds is 4. The molecule has 1 aromatic carbocycles. The van der Waals surface area contributed by atoms with Gasteiger partial charge < -0.3 is 14.6 Å². The summed E-state index contributed by atoms with van der Waals surface area (Å²) in [7, 11) is 0. The van der Waals surface area contributed by atoms with E-state index in [1.165, 1.54) is 11.3 Å². The highest BCUT2D eigenvalue weighted by Crippen LogP contribution is 2.31. The lowest BCUT2D eigenvalue weighted by molar-refractivity contribution is -0.127. The Hall–Kier alpha value is -2.38. The van der Waals surface area contributed by atoms with Crippen molar-refractivity contribution >= 4 is 28.8 Å². The monoisotopic (exact) mass is 361 g/mol. The molecule has 0 radical (unpaired) electrons. The Bertz CT molecular complexity index is 879. The molecule has 1 atom stereocenters. The van der Waals surface area contributed by atoms with Gasteiger partial charge >= 0.3 is 0 Å². The minimum absolute atomic E-state index is 0.161. The first-order valence-electron chi connectivity index (χ1n) is 7.28. The van der Waals surface area contributed by atoms with Crippen molar-refractivity contribution in [3.8, 4) is 16.5 Å². The van der Waals surface area contributed by atoms with Crippen LogP contribution >= 0.6 is 22.9 Å². The number of benzene rings is 1. The second kappa shape index (κ2) is 6.26. The van der Waals surface area contributed by atoms with Crippen LogP contribution in [0.5, 0.6) is 5.75 Å². The minimum atomic E-state index is -0.571. The predicted molar refractivity (Wildman–Crippen MR) is 89.0 cm³/mol. The van der Waals surface area contributed by atoms with Crippen molar-refractivity contribution in [2.45, 2.75) is 19.1 Å². The first-order valence-corrected chi connectivity index (χ1v) is 8.54. The molecule has 0 unspecified atom stereocenters. The molecule has 2 aromatic heterocycles. The lowest BCUT2D eigenvalue weighted by atomic mass is 10.1. The summed E-state index contributed by atoms with van der Waals surface area (Å²) in [6, 6.07) is 9.16. The van der Waals surface area contributed by atoms with Gasteiger partial charge in [0, 0.05) is 11.4 Å². The summed E-state index contributed by atoms with van der Waals surface area (Å²) in [4.78, 5) is 17.4. The molecule has 3 aromatic rings. The van der Waals surface area contributed by atoms with Gasteiger partial charge in [0.15, 0.2) is 6.10 Å². The predicted octanol–water partition coefficient (Wildman–Crippen LogP) is 3.07. The molecule has 4 rings (SSSR count). The number of carbonyl (C=O) groups is 1. The van der Waals surface area contributed by atoms with Crippen molar-refractivity contribution < 1.29 is 14.1 Å². The highest BCUT2D eigenvalue weighted by atomic mass is 35.5. The van der Waals surface area contributed by atoms with Gasteiger partial charge in [0.2, 0.25) is 11.7 Å². The molecule has 8 heteroatoms. The number of amides is 1. The minimum Gasteiger partial charge on any atom is -0.480 e. The van der Waals surface area contributed by atoms with Crippen molar-refractivity contribution in [3.63, 3.8) is 0 Å². The van der Waals surface area contributed by atoms with Crippen LogP contribution in [0.15, 0.2) is 40.2 Å². The molecule has 1 amide bonds. The average molecular weight is 362 g/mol. The van der Waals surface area contributed by atoms with E-state index in [2.05, 4.69) is 15.5 Å². The maximum Gasteiger partial charge on any atom is 0.261 e. The number of hydrogen-bond donors (Lipinski definition) is 1. The second-order valence-corrected chi connectivity index (χ2v) is 6.65. The molecule has 0 aliphatic carbocycles. The maximum absolute atomic E-state index is 12.3. The lowest BCUT2D eigenvalue weighted by Crippen LogP contribution is -2.37. The first-order chi connectivity index (χ1) is 11.7.